The quantitative estimate of drug-likeness (QED) is 0.843. The Balaban J connectivity index is 2.39. The van der Waals surface area contributed by atoms with E-state index >= 15 is 0 Å². The average Bonchev–Trinajstić information content (AvgIpc) is 2.71. The fourth-order valence-corrected chi connectivity index (χ4v) is 3.07. The zero-order valence-electron chi connectivity index (χ0n) is 9.33. The third kappa shape index (κ3) is 1.79. The van der Waals surface area contributed by atoms with E-state index in [1.165, 1.54) is 5.69 Å². The lowest BCUT2D eigenvalue weighted by Crippen LogP contribution is -2.26. The summed E-state index contributed by atoms with van der Waals surface area (Å²) in [5.41, 5.74) is 7.27. The maximum atomic E-state index is 6.22. The Labute approximate surface area is 95.6 Å². The predicted molar refractivity (Wildman–Crippen MR) is 62.1 cm³/mol. The molecule has 0 bridgehead atoms. The first kappa shape index (κ1) is 11.0. The van der Waals surface area contributed by atoms with Gasteiger partial charge >= 0.3 is 0 Å². The highest BCUT2D eigenvalue weighted by Crippen LogP contribution is 2.42. The van der Waals surface area contributed by atoms with Crippen molar-refractivity contribution in [3.05, 3.63) is 16.9 Å². The van der Waals surface area contributed by atoms with Crippen molar-refractivity contribution in [1.82, 2.24) is 9.78 Å². The molecule has 84 valence electrons. The van der Waals surface area contributed by atoms with Gasteiger partial charge in [0, 0.05) is 18.0 Å². The van der Waals surface area contributed by atoms with Crippen molar-refractivity contribution in [1.29, 1.82) is 0 Å². The summed E-state index contributed by atoms with van der Waals surface area (Å²) in [6, 6.07) is 0.311. The second-order valence-corrected chi connectivity index (χ2v) is 5.13. The fourth-order valence-electron chi connectivity index (χ4n) is 2.70. The highest BCUT2D eigenvalue weighted by atomic mass is 35.5. The van der Waals surface area contributed by atoms with Gasteiger partial charge in [0.25, 0.3) is 0 Å². The topological polar surface area (TPSA) is 43.8 Å². The lowest BCUT2D eigenvalue weighted by molar-refractivity contribution is 0.429. The Morgan fingerprint density at radius 2 is 2.47 bits per heavy atom. The molecule has 1 heterocycles. The van der Waals surface area contributed by atoms with Crippen LogP contribution >= 0.6 is 11.6 Å². The van der Waals surface area contributed by atoms with Gasteiger partial charge in [0.05, 0.1) is 16.9 Å². The van der Waals surface area contributed by atoms with E-state index < -0.39 is 0 Å². The van der Waals surface area contributed by atoms with Crippen LogP contribution in [0.15, 0.2) is 6.20 Å². The Hall–Kier alpha value is -0.540. The molecule has 1 saturated carbocycles. The van der Waals surface area contributed by atoms with Crippen LogP contribution in [0.4, 0.5) is 0 Å². The monoisotopic (exact) mass is 227 g/mol. The van der Waals surface area contributed by atoms with E-state index in [0.717, 1.165) is 30.8 Å². The smallest absolute Gasteiger partial charge is 0.0823 e. The molecule has 0 radical (unpaired) electrons. The number of hydrogen-bond acceptors (Lipinski definition) is 2. The van der Waals surface area contributed by atoms with E-state index in [4.69, 9.17) is 17.3 Å². The molecule has 0 aromatic carbocycles. The normalized spacial score (nSPS) is 31.1. The second-order valence-electron chi connectivity index (χ2n) is 4.72. The van der Waals surface area contributed by atoms with Crippen molar-refractivity contribution in [3.63, 3.8) is 0 Å². The van der Waals surface area contributed by atoms with Crippen molar-refractivity contribution >= 4 is 11.6 Å². The van der Waals surface area contributed by atoms with Gasteiger partial charge in [0.2, 0.25) is 0 Å². The summed E-state index contributed by atoms with van der Waals surface area (Å²) in [5, 5.41) is 5.08. The van der Waals surface area contributed by atoms with Gasteiger partial charge in [-0.25, -0.2) is 0 Å². The minimum atomic E-state index is 0.114. The van der Waals surface area contributed by atoms with E-state index in [0.29, 0.717) is 6.04 Å². The number of nitrogens with two attached hydrogens (primary N) is 1. The molecule has 2 N–H and O–H groups in total. The Morgan fingerprint density at radius 1 is 1.73 bits per heavy atom. The standard InChI is InChI=1S/C11H18ClN3/c1-3-15-10(9(12)7-14-15)11(2)5-4-8(13)6-11/h7-8H,3-6,13H2,1-2H3. The predicted octanol–water partition coefficient (Wildman–Crippen LogP) is 2.33. The zero-order chi connectivity index (χ0) is 11.1. The van der Waals surface area contributed by atoms with Gasteiger partial charge in [-0.05, 0) is 26.2 Å². The van der Waals surface area contributed by atoms with Crippen molar-refractivity contribution < 1.29 is 0 Å². The van der Waals surface area contributed by atoms with Crippen molar-refractivity contribution in [3.8, 4) is 0 Å². The first-order valence-electron chi connectivity index (χ1n) is 5.54. The number of aromatic nitrogens is 2. The first-order chi connectivity index (χ1) is 7.07. The molecule has 2 rings (SSSR count). The highest BCUT2D eigenvalue weighted by Gasteiger charge is 2.38. The lowest BCUT2D eigenvalue weighted by Gasteiger charge is -2.25. The van der Waals surface area contributed by atoms with E-state index in [1.54, 1.807) is 6.20 Å². The van der Waals surface area contributed by atoms with Gasteiger partial charge in [-0.1, -0.05) is 18.5 Å². The Bertz CT molecular complexity index is 361. The van der Waals surface area contributed by atoms with E-state index in [-0.39, 0.29) is 5.41 Å². The Morgan fingerprint density at radius 3 is 3.00 bits per heavy atom. The molecule has 4 heteroatoms. The van der Waals surface area contributed by atoms with Gasteiger partial charge in [0.15, 0.2) is 0 Å². The number of aryl methyl sites for hydroxylation is 1. The van der Waals surface area contributed by atoms with Crippen LogP contribution in [-0.2, 0) is 12.0 Å². The van der Waals surface area contributed by atoms with E-state index in [9.17, 15) is 0 Å². The van der Waals surface area contributed by atoms with Crippen LogP contribution < -0.4 is 5.73 Å². The largest absolute Gasteiger partial charge is 0.328 e. The molecule has 1 aromatic heterocycles. The van der Waals surface area contributed by atoms with Crippen molar-refractivity contribution in [2.75, 3.05) is 0 Å². The third-order valence-electron chi connectivity index (χ3n) is 3.45. The maximum absolute atomic E-state index is 6.22. The number of nitrogens with zero attached hydrogens (tertiary/aromatic N) is 2. The first-order valence-corrected chi connectivity index (χ1v) is 5.92. The summed E-state index contributed by atoms with van der Waals surface area (Å²) >= 11 is 6.22. The number of hydrogen-bond donors (Lipinski definition) is 1. The summed E-state index contributed by atoms with van der Waals surface area (Å²) in [4.78, 5) is 0. The summed E-state index contributed by atoms with van der Waals surface area (Å²) in [5.74, 6) is 0. The highest BCUT2D eigenvalue weighted by molar-refractivity contribution is 6.31. The minimum Gasteiger partial charge on any atom is -0.328 e. The Kier molecular flexibility index (Phi) is 2.77. The molecule has 0 amide bonds. The van der Waals surface area contributed by atoms with Crippen LogP contribution in [0.2, 0.25) is 5.02 Å². The molecule has 15 heavy (non-hydrogen) atoms. The summed E-state index contributed by atoms with van der Waals surface area (Å²) in [6.45, 7) is 5.20. The van der Waals surface area contributed by atoms with Gasteiger partial charge in [0.1, 0.15) is 0 Å². The zero-order valence-corrected chi connectivity index (χ0v) is 10.1. The molecule has 2 unspecified atom stereocenters. The molecule has 1 fully saturated rings. The van der Waals surface area contributed by atoms with Crippen molar-refractivity contribution in [2.45, 2.75) is 51.1 Å². The molecular weight excluding hydrogens is 210 g/mol. The summed E-state index contributed by atoms with van der Waals surface area (Å²) < 4.78 is 2.00. The van der Waals surface area contributed by atoms with Crippen LogP contribution in [0.25, 0.3) is 0 Å². The molecule has 0 aliphatic heterocycles. The van der Waals surface area contributed by atoms with Crippen LogP contribution in [0.3, 0.4) is 0 Å². The summed E-state index contributed by atoms with van der Waals surface area (Å²) in [6.07, 6.45) is 4.95. The third-order valence-corrected chi connectivity index (χ3v) is 3.72. The molecular formula is C11H18ClN3. The van der Waals surface area contributed by atoms with Gasteiger partial charge in [-0.3, -0.25) is 4.68 Å². The molecule has 2 atom stereocenters. The van der Waals surface area contributed by atoms with Gasteiger partial charge in [-0.2, -0.15) is 5.10 Å². The molecule has 1 aliphatic carbocycles. The lowest BCUT2D eigenvalue weighted by atomic mass is 9.84. The molecule has 0 saturated heterocycles. The molecule has 3 nitrogen and oxygen atoms in total. The van der Waals surface area contributed by atoms with Crippen molar-refractivity contribution in [2.24, 2.45) is 5.73 Å². The van der Waals surface area contributed by atoms with Gasteiger partial charge in [-0.15, -0.1) is 0 Å². The maximum Gasteiger partial charge on any atom is 0.0823 e. The average molecular weight is 228 g/mol. The van der Waals surface area contributed by atoms with Crippen LogP contribution in [0.5, 0.6) is 0 Å². The van der Waals surface area contributed by atoms with Crippen LogP contribution in [0, 0.1) is 0 Å². The SMILES string of the molecule is CCn1ncc(Cl)c1C1(C)CCC(N)C1. The molecule has 1 aromatic rings. The summed E-state index contributed by atoms with van der Waals surface area (Å²) in [7, 11) is 0. The van der Waals surface area contributed by atoms with Gasteiger partial charge < -0.3 is 5.73 Å². The molecule has 0 spiro atoms. The van der Waals surface area contributed by atoms with Crippen LogP contribution in [-0.4, -0.2) is 15.8 Å². The molecule has 1 aliphatic rings. The fraction of sp³-hybridized carbons (Fsp3) is 0.727. The second kappa shape index (κ2) is 3.80. The number of rotatable bonds is 2. The van der Waals surface area contributed by atoms with E-state index in [1.807, 2.05) is 4.68 Å². The minimum absolute atomic E-state index is 0.114. The van der Waals surface area contributed by atoms with Crippen LogP contribution in [0.1, 0.15) is 38.8 Å². The number of halogens is 1. The van der Waals surface area contributed by atoms with E-state index in [2.05, 4.69) is 18.9 Å².